The maximum absolute atomic E-state index is 11.5. The van der Waals surface area contributed by atoms with Crippen LogP contribution in [0.1, 0.15) is 27.7 Å². The van der Waals surface area contributed by atoms with Crippen LogP contribution in [0.2, 0.25) is 11.1 Å². The van der Waals surface area contributed by atoms with Crippen molar-refractivity contribution in [3.63, 3.8) is 0 Å². The molecule has 0 heterocycles. The van der Waals surface area contributed by atoms with Gasteiger partial charge in [0.15, 0.2) is 0 Å². The first-order valence-corrected chi connectivity index (χ1v) is 10.1. The zero-order chi connectivity index (χ0) is 15.5. The van der Waals surface area contributed by atoms with Crippen LogP contribution in [0.4, 0.5) is 0 Å². The third-order valence-electron chi connectivity index (χ3n) is 2.48. The van der Waals surface area contributed by atoms with E-state index in [1.54, 1.807) is 27.7 Å². The molecule has 0 aromatic carbocycles. The molecule has 0 saturated carbocycles. The van der Waals surface area contributed by atoms with Gasteiger partial charge in [-0.2, -0.15) is 16.8 Å². The fourth-order valence-corrected chi connectivity index (χ4v) is 9.32. The minimum absolute atomic E-state index is 0.470. The van der Waals surface area contributed by atoms with Gasteiger partial charge >= 0.3 is 29.4 Å². The molecule has 11 heteroatoms. The molecule has 8 nitrogen and oxygen atoms in total. The van der Waals surface area contributed by atoms with Crippen LogP contribution in [0.25, 0.3) is 0 Å². The van der Waals surface area contributed by atoms with Crippen molar-refractivity contribution in [1.82, 2.24) is 0 Å². The monoisotopic (exact) mass is 336 g/mol. The van der Waals surface area contributed by atoms with Gasteiger partial charge in [0.1, 0.15) is 0 Å². The third kappa shape index (κ3) is 5.09. The van der Waals surface area contributed by atoms with E-state index in [1.165, 1.54) is 0 Å². The second kappa shape index (κ2) is 6.61. The lowest BCUT2D eigenvalue weighted by Crippen LogP contribution is -2.51. The molecule has 0 saturated heterocycles. The molecule has 0 aromatic rings. The van der Waals surface area contributed by atoms with Crippen molar-refractivity contribution in [2.75, 3.05) is 14.2 Å². The quantitative estimate of drug-likeness (QED) is 0.606. The van der Waals surface area contributed by atoms with Crippen LogP contribution in [0, 0.1) is 0 Å². The Bertz CT molecular complexity index is 435. The molecule has 19 heavy (non-hydrogen) atoms. The summed E-state index contributed by atoms with van der Waals surface area (Å²) in [5.41, 5.74) is -0.940. The van der Waals surface area contributed by atoms with Crippen LogP contribution < -0.4 is 0 Å². The SMILES string of the molecule is COS(=O)(=O)O[Si](OS(=O)(=O)OC)(C(C)C)C(C)C. The highest BCUT2D eigenvalue weighted by Gasteiger charge is 2.53. The topological polar surface area (TPSA) is 105 Å². The van der Waals surface area contributed by atoms with Crippen LogP contribution in [0.3, 0.4) is 0 Å². The maximum atomic E-state index is 11.5. The Kier molecular flexibility index (Phi) is 6.59. The fourth-order valence-electron chi connectivity index (χ4n) is 1.45. The Morgan fingerprint density at radius 1 is 0.737 bits per heavy atom. The molecular weight excluding hydrogens is 316 g/mol. The molecule has 0 radical (unpaired) electrons. The van der Waals surface area contributed by atoms with Gasteiger partial charge in [-0.1, -0.05) is 27.7 Å². The van der Waals surface area contributed by atoms with Crippen LogP contribution in [0.15, 0.2) is 0 Å². The van der Waals surface area contributed by atoms with E-state index in [-0.39, 0.29) is 0 Å². The van der Waals surface area contributed by atoms with Crippen molar-refractivity contribution >= 4 is 29.4 Å². The van der Waals surface area contributed by atoms with E-state index in [2.05, 4.69) is 8.37 Å². The lowest BCUT2D eigenvalue weighted by Gasteiger charge is -2.34. The molecule has 0 unspecified atom stereocenters. The Balaban J connectivity index is 5.72. The second-order valence-electron chi connectivity index (χ2n) is 4.35. The summed E-state index contributed by atoms with van der Waals surface area (Å²) in [6.45, 7) is 6.45. The molecule has 0 rings (SSSR count). The predicted molar refractivity (Wildman–Crippen MR) is 70.0 cm³/mol. The van der Waals surface area contributed by atoms with E-state index in [4.69, 9.17) is 7.74 Å². The molecule has 0 aliphatic rings. The number of hydrogen-bond donors (Lipinski definition) is 0. The molecule has 0 spiro atoms. The molecule has 0 amide bonds. The summed E-state index contributed by atoms with van der Waals surface area (Å²) in [5.74, 6) is 0. The molecule has 0 bridgehead atoms. The zero-order valence-corrected chi connectivity index (χ0v) is 14.4. The van der Waals surface area contributed by atoms with Crippen LogP contribution in [-0.4, -0.2) is 39.6 Å². The summed E-state index contributed by atoms with van der Waals surface area (Å²) in [6.07, 6.45) is 0. The molecule has 0 aromatic heterocycles. The largest absolute Gasteiger partial charge is 0.392 e. The average Bonchev–Trinajstić information content (AvgIpc) is 2.27. The molecule has 0 N–H and O–H groups in total. The van der Waals surface area contributed by atoms with Crippen molar-refractivity contribution in [2.45, 2.75) is 38.8 Å². The Morgan fingerprint density at radius 3 is 1.16 bits per heavy atom. The second-order valence-corrected chi connectivity index (χ2v) is 11.7. The van der Waals surface area contributed by atoms with Gasteiger partial charge in [-0.15, -0.1) is 0 Å². The average molecular weight is 336 g/mol. The lowest BCUT2D eigenvalue weighted by molar-refractivity contribution is 0.261. The molecule has 116 valence electrons. The van der Waals surface area contributed by atoms with Gasteiger partial charge < -0.3 is 0 Å². The molecule has 0 atom stereocenters. The van der Waals surface area contributed by atoms with E-state index in [0.717, 1.165) is 14.2 Å². The highest BCUT2D eigenvalue weighted by atomic mass is 32.3. The number of rotatable bonds is 8. The first-order valence-electron chi connectivity index (χ1n) is 5.44. The van der Waals surface area contributed by atoms with Gasteiger partial charge in [-0.25, -0.2) is 0 Å². The summed E-state index contributed by atoms with van der Waals surface area (Å²) in [5, 5.41) is 0. The first kappa shape index (κ1) is 19.0. The Morgan fingerprint density at radius 2 is 1.00 bits per heavy atom. The summed E-state index contributed by atoms with van der Waals surface area (Å²) in [7, 11) is -10.5. The van der Waals surface area contributed by atoms with Gasteiger partial charge in [0, 0.05) is 0 Å². The van der Waals surface area contributed by atoms with Crippen LogP contribution in [0.5, 0.6) is 0 Å². The summed E-state index contributed by atoms with van der Waals surface area (Å²) >= 11 is 0. The molecule has 0 aliphatic carbocycles. The van der Waals surface area contributed by atoms with E-state index in [9.17, 15) is 16.8 Å². The minimum Gasteiger partial charge on any atom is -0.261 e. The van der Waals surface area contributed by atoms with E-state index >= 15 is 0 Å². The predicted octanol–water partition coefficient (Wildman–Crippen LogP) is 1.06. The lowest BCUT2D eigenvalue weighted by atomic mass is 10.5. The van der Waals surface area contributed by atoms with Crippen molar-refractivity contribution in [3.8, 4) is 0 Å². The highest BCUT2D eigenvalue weighted by molar-refractivity contribution is 7.84. The Labute approximate surface area is 115 Å². The zero-order valence-electron chi connectivity index (χ0n) is 11.7. The van der Waals surface area contributed by atoms with Crippen molar-refractivity contribution in [2.24, 2.45) is 0 Å². The van der Waals surface area contributed by atoms with E-state index in [1.807, 2.05) is 0 Å². The molecule has 0 fully saturated rings. The van der Waals surface area contributed by atoms with Gasteiger partial charge in [0.25, 0.3) is 0 Å². The first-order chi connectivity index (χ1) is 8.42. The summed E-state index contributed by atoms with van der Waals surface area (Å²) in [4.78, 5) is 0. The maximum Gasteiger partial charge on any atom is 0.392 e. The van der Waals surface area contributed by atoms with E-state index in [0.29, 0.717) is 0 Å². The smallest absolute Gasteiger partial charge is 0.261 e. The van der Waals surface area contributed by atoms with Crippen molar-refractivity contribution in [1.29, 1.82) is 0 Å². The molecule has 0 aliphatic heterocycles. The van der Waals surface area contributed by atoms with Crippen LogP contribution >= 0.6 is 0 Å². The Hall–Kier alpha value is -0.0431. The van der Waals surface area contributed by atoms with Crippen molar-refractivity contribution in [3.05, 3.63) is 0 Å². The summed E-state index contributed by atoms with van der Waals surface area (Å²) in [6, 6.07) is 0. The highest BCUT2D eigenvalue weighted by Crippen LogP contribution is 2.37. The number of hydrogen-bond acceptors (Lipinski definition) is 8. The molecular formula is C8H20O8S2Si. The fraction of sp³-hybridized carbons (Fsp3) is 1.00. The standard InChI is InChI=1S/C8H20O8S2Si/c1-7(2)19(8(3)4,15-17(9,10)13-5)16-18(11,12)14-6/h7-8H,1-6H3. The van der Waals surface area contributed by atoms with Gasteiger partial charge in [-0.3, -0.25) is 16.1 Å². The van der Waals surface area contributed by atoms with Gasteiger partial charge in [0.2, 0.25) is 0 Å². The van der Waals surface area contributed by atoms with Gasteiger partial charge in [0.05, 0.1) is 14.2 Å². The third-order valence-corrected chi connectivity index (χ3v) is 10.2. The van der Waals surface area contributed by atoms with Crippen LogP contribution in [-0.2, 0) is 36.9 Å². The van der Waals surface area contributed by atoms with Crippen molar-refractivity contribution < 1.29 is 32.9 Å². The summed E-state index contributed by atoms with van der Waals surface area (Å²) < 4.78 is 64.2. The minimum atomic E-state index is -4.33. The van der Waals surface area contributed by atoms with Gasteiger partial charge in [-0.05, 0) is 11.1 Å². The normalized spacial score (nSPS) is 14.3. The van der Waals surface area contributed by atoms with E-state index < -0.39 is 40.4 Å².